The van der Waals surface area contributed by atoms with Crippen LogP contribution in [0.4, 0.5) is 0 Å². The number of rotatable bonds is 6. The van der Waals surface area contributed by atoms with Crippen LogP contribution in [-0.2, 0) is 4.74 Å². The van der Waals surface area contributed by atoms with Crippen molar-refractivity contribution >= 4 is 22.9 Å². The molecule has 0 aromatic carbocycles. The van der Waals surface area contributed by atoms with Gasteiger partial charge in [0.1, 0.15) is 0 Å². The number of hydrogen-bond acceptors (Lipinski definition) is 3. The maximum Gasteiger partial charge on any atom is 0.0931 e. The zero-order chi connectivity index (χ0) is 12.3. The lowest BCUT2D eigenvalue weighted by Crippen LogP contribution is -2.34. The number of nitrogens with one attached hydrogen (secondary N) is 1. The van der Waals surface area contributed by atoms with Gasteiger partial charge in [-0.2, -0.15) is 0 Å². The highest BCUT2D eigenvalue weighted by Gasteiger charge is 2.31. The van der Waals surface area contributed by atoms with E-state index in [4.69, 9.17) is 16.3 Å². The van der Waals surface area contributed by atoms with Gasteiger partial charge in [-0.05, 0) is 51.3 Å². The lowest BCUT2D eigenvalue weighted by Gasteiger charge is -2.36. The molecule has 1 aliphatic rings. The van der Waals surface area contributed by atoms with Gasteiger partial charge in [0.05, 0.1) is 10.4 Å². The fourth-order valence-corrected chi connectivity index (χ4v) is 3.65. The summed E-state index contributed by atoms with van der Waals surface area (Å²) in [5, 5.41) is 3.39. The summed E-state index contributed by atoms with van der Waals surface area (Å²) in [7, 11) is 2.02. The quantitative estimate of drug-likeness (QED) is 0.850. The van der Waals surface area contributed by atoms with E-state index in [1.54, 1.807) is 11.3 Å². The monoisotopic (exact) mass is 273 g/mol. The largest absolute Gasteiger partial charge is 0.378 e. The van der Waals surface area contributed by atoms with Crippen molar-refractivity contribution in [2.75, 3.05) is 13.7 Å². The molecule has 0 spiro atoms. The van der Waals surface area contributed by atoms with E-state index in [0.717, 1.165) is 16.9 Å². The van der Waals surface area contributed by atoms with E-state index in [0.29, 0.717) is 12.1 Å². The Hall–Kier alpha value is -0.0900. The molecule has 17 heavy (non-hydrogen) atoms. The van der Waals surface area contributed by atoms with E-state index in [-0.39, 0.29) is 0 Å². The van der Waals surface area contributed by atoms with Crippen molar-refractivity contribution < 1.29 is 4.74 Å². The molecule has 0 bridgehead atoms. The first-order valence-electron chi connectivity index (χ1n) is 6.27. The Morgan fingerprint density at radius 3 is 2.82 bits per heavy atom. The Labute approximate surface area is 112 Å². The smallest absolute Gasteiger partial charge is 0.0931 e. The van der Waals surface area contributed by atoms with Crippen molar-refractivity contribution in [3.8, 4) is 0 Å². The Balaban J connectivity index is 1.81. The van der Waals surface area contributed by atoms with Crippen LogP contribution in [0.15, 0.2) is 12.1 Å². The van der Waals surface area contributed by atoms with Crippen molar-refractivity contribution in [1.82, 2.24) is 5.32 Å². The first-order valence-corrected chi connectivity index (χ1v) is 7.46. The van der Waals surface area contributed by atoms with Gasteiger partial charge in [-0.25, -0.2) is 0 Å². The van der Waals surface area contributed by atoms with Crippen LogP contribution in [-0.4, -0.2) is 19.8 Å². The van der Waals surface area contributed by atoms with Gasteiger partial charge < -0.3 is 10.1 Å². The van der Waals surface area contributed by atoms with Crippen LogP contribution >= 0.6 is 22.9 Å². The second-order valence-corrected chi connectivity index (χ2v) is 6.38. The fourth-order valence-electron chi connectivity index (χ4n) is 2.46. The summed E-state index contributed by atoms with van der Waals surface area (Å²) in [4.78, 5) is 1.34. The maximum absolute atomic E-state index is 5.98. The lowest BCUT2D eigenvalue weighted by atomic mass is 9.78. The maximum atomic E-state index is 5.98. The van der Waals surface area contributed by atoms with E-state index in [1.165, 1.54) is 24.1 Å². The summed E-state index contributed by atoms with van der Waals surface area (Å²) >= 11 is 7.66. The van der Waals surface area contributed by atoms with Crippen LogP contribution in [0.1, 0.15) is 37.1 Å². The van der Waals surface area contributed by atoms with Crippen LogP contribution in [0.25, 0.3) is 0 Å². The number of ether oxygens (including phenoxy) is 1. The molecule has 2 rings (SSSR count). The molecule has 1 N–H and O–H groups in total. The molecule has 0 radical (unpaired) electrons. The van der Waals surface area contributed by atoms with E-state index in [1.807, 2.05) is 13.1 Å². The predicted octanol–water partition coefficient (Wildman–Crippen LogP) is 3.87. The first kappa shape index (κ1) is 13.3. The third-order valence-electron chi connectivity index (χ3n) is 3.45. The van der Waals surface area contributed by atoms with E-state index < -0.39 is 0 Å². The average molecular weight is 274 g/mol. The number of thiophene rings is 1. The predicted molar refractivity (Wildman–Crippen MR) is 73.9 cm³/mol. The SMILES string of the molecule is CCOC1CC(CC(NC)c2ccc(Cl)s2)C1. The highest BCUT2D eigenvalue weighted by atomic mass is 35.5. The second kappa shape index (κ2) is 6.19. The van der Waals surface area contributed by atoms with E-state index in [2.05, 4.69) is 18.3 Å². The summed E-state index contributed by atoms with van der Waals surface area (Å²) in [5.41, 5.74) is 0. The molecule has 1 unspecified atom stereocenters. The highest BCUT2D eigenvalue weighted by Crippen LogP contribution is 2.38. The summed E-state index contributed by atoms with van der Waals surface area (Å²) in [6, 6.07) is 4.56. The van der Waals surface area contributed by atoms with Crippen LogP contribution < -0.4 is 5.32 Å². The molecule has 4 heteroatoms. The van der Waals surface area contributed by atoms with Crippen LogP contribution in [0, 0.1) is 5.92 Å². The topological polar surface area (TPSA) is 21.3 Å². The molecule has 0 saturated heterocycles. The van der Waals surface area contributed by atoms with Crippen molar-refractivity contribution in [2.45, 2.75) is 38.3 Å². The van der Waals surface area contributed by atoms with E-state index in [9.17, 15) is 0 Å². The van der Waals surface area contributed by atoms with Crippen LogP contribution in [0.3, 0.4) is 0 Å². The third kappa shape index (κ3) is 3.44. The minimum atomic E-state index is 0.445. The molecule has 0 aliphatic heterocycles. The van der Waals surface area contributed by atoms with Gasteiger partial charge in [-0.3, -0.25) is 0 Å². The minimum absolute atomic E-state index is 0.445. The highest BCUT2D eigenvalue weighted by molar-refractivity contribution is 7.16. The Kier molecular flexibility index (Phi) is 4.86. The third-order valence-corrected chi connectivity index (χ3v) is 4.79. The standard InChI is InChI=1S/C13H20ClNOS/c1-3-16-10-6-9(7-10)8-11(15-2)12-4-5-13(14)17-12/h4-5,9-11,15H,3,6-8H2,1-2H3. The molecule has 1 aromatic rings. The molecule has 2 nitrogen and oxygen atoms in total. The molecular formula is C13H20ClNOS. The molecule has 1 saturated carbocycles. The van der Waals surface area contributed by atoms with Gasteiger partial charge in [0, 0.05) is 17.5 Å². The Morgan fingerprint density at radius 2 is 2.29 bits per heavy atom. The Bertz CT molecular complexity index is 349. The molecule has 1 aliphatic carbocycles. The minimum Gasteiger partial charge on any atom is -0.378 e. The lowest BCUT2D eigenvalue weighted by molar-refractivity contribution is -0.0288. The first-order chi connectivity index (χ1) is 8.22. The van der Waals surface area contributed by atoms with Crippen molar-refractivity contribution in [3.05, 3.63) is 21.3 Å². The molecule has 1 heterocycles. The molecule has 96 valence electrons. The normalized spacial score (nSPS) is 25.6. The summed E-state index contributed by atoms with van der Waals surface area (Å²) < 4.78 is 6.47. The van der Waals surface area contributed by atoms with Crippen molar-refractivity contribution in [2.24, 2.45) is 5.92 Å². The van der Waals surface area contributed by atoms with Gasteiger partial charge >= 0.3 is 0 Å². The summed E-state index contributed by atoms with van der Waals surface area (Å²) in [5.74, 6) is 0.796. The summed E-state index contributed by atoms with van der Waals surface area (Å²) in [6.07, 6.45) is 4.13. The van der Waals surface area contributed by atoms with E-state index >= 15 is 0 Å². The van der Waals surface area contributed by atoms with Gasteiger partial charge in [-0.1, -0.05) is 11.6 Å². The molecule has 1 fully saturated rings. The molecule has 1 aromatic heterocycles. The summed E-state index contributed by atoms with van der Waals surface area (Å²) in [6.45, 7) is 2.91. The molecular weight excluding hydrogens is 254 g/mol. The zero-order valence-corrected chi connectivity index (χ0v) is 12.0. The number of halogens is 1. The Morgan fingerprint density at radius 1 is 1.53 bits per heavy atom. The second-order valence-electron chi connectivity index (χ2n) is 4.63. The van der Waals surface area contributed by atoms with Gasteiger partial charge in [0.25, 0.3) is 0 Å². The average Bonchev–Trinajstić information content (AvgIpc) is 2.68. The van der Waals surface area contributed by atoms with Crippen LogP contribution in [0.5, 0.6) is 0 Å². The molecule has 0 amide bonds. The van der Waals surface area contributed by atoms with Gasteiger partial charge in [0.2, 0.25) is 0 Å². The zero-order valence-electron chi connectivity index (χ0n) is 10.4. The van der Waals surface area contributed by atoms with Gasteiger partial charge in [0.15, 0.2) is 0 Å². The molecule has 1 atom stereocenters. The number of hydrogen-bond donors (Lipinski definition) is 1. The van der Waals surface area contributed by atoms with Crippen molar-refractivity contribution in [3.63, 3.8) is 0 Å². The van der Waals surface area contributed by atoms with Crippen molar-refractivity contribution in [1.29, 1.82) is 0 Å². The fraction of sp³-hybridized carbons (Fsp3) is 0.692. The van der Waals surface area contributed by atoms with Crippen LogP contribution in [0.2, 0.25) is 4.34 Å². The van der Waals surface area contributed by atoms with Gasteiger partial charge in [-0.15, -0.1) is 11.3 Å².